The molecule has 19 heavy (non-hydrogen) atoms. The summed E-state index contributed by atoms with van der Waals surface area (Å²) >= 11 is 0. The summed E-state index contributed by atoms with van der Waals surface area (Å²) < 4.78 is 5.06. The first-order valence-corrected chi connectivity index (χ1v) is 8.67. The van der Waals surface area contributed by atoms with Crippen molar-refractivity contribution in [2.24, 2.45) is 5.41 Å². The molecule has 2 nitrogen and oxygen atoms in total. The Balaban J connectivity index is 5.06. The van der Waals surface area contributed by atoms with Crippen LogP contribution in [0.5, 0.6) is 0 Å². The van der Waals surface area contributed by atoms with Gasteiger partial charge in [-0.1, -0.05) is 65.9 Å². The molecular formula is C16H32O2Si. The van der Waals surface area contributed by atoms with E-state index < -0.39 is 0 Å². The Bertz CT molecular complexity index is 252. The first-order chi connectivity index (χ1) is 9.07. The van der Waals surface area contributed by atoms with Crippen molar-refractivity contribution in [3.05, 3.63) is 12.2 Å². The molecule has 0 bridgehead atoms. The molecule has 0 aliphatic heterocycles. The Morgan fingerprint density at radius 3 is 1.63 bits per heavy atom. The average molecular weight is 285 g/mol. The van der Waals surface area contributed by atoms with E-state index >= 15 is 0 Å². The Kier molecular flexibility index (Phi) is 9.93. The molecule has 3 heteroatoms. The lowest BCUT2D eigenvalue weighted by Gasteiger charge is -2.35. The van der Waals surface area contributed by atoms with Gasteiger partial charge in [0, 0.05) is 11.0 Å². The van der Waals surface area contributed by atoms with Gasteiger partial charge < -0.3 is 4.43 Å². The second kappa shape index (κ2) is 10.2. The van der Waals surface area contributed by atoms with Crippen LogP contribution in [0.1, 0.15) is 78.6 Å². The van der Waals surface area contributed by atoms with E-state index in [-0.39, 0.29) is 11.4 Å². The third kappa shape index (κ3) is 5.94. The number of hydrogen-bond acceptors (Lipinski definition) is 2. The Hall–Kier alpha value is -0.573. The van der Waals surface area contributed by atoms with Gasteiger partial charge in [-0.3, -0.25) is 0 Å². The van der Waals surface area contributed by atoms with E-state index in [0.29, 0.717) is 10.5 Å². The molecule has 0 amide bonds. The largest absolute Gasteiger partial charge is 0.525 e. The maximum atomic E-state index is 12.0. The second-order valence-corrected chi connectivity index (χ2v) is 5.97. The number of carbonyl (C=O) groups is 1. The molecule has 0 atom stereocenters. The van der Waals surface area contributed by atoms with E-state index in [2.05, 4.69) is 27.4 Å². The first-order valence-electron chi connectivity index (χ1n) is 7.85. The van der Waals surface area contributed by atoms with E-state index in [1.165, 1.54) is 38.5 Å². The van der Waals surface area contributed by atoms with Gasteiger partial charge in [-0.2, -0.15) is 0 Å². The second-order valence-electron chi connectivity index (χ2n) is 5.56. The van der Waals surface area contributed by atoms with E-state index in [4.69, 9.17) is 4.43 Å². The highest BCUT2D eigenvalue weighted by Crippen LogP contribution is 2.43. The number of rotatable bonds is 11. The van der Waals surface area contributed by atoms with Crippen molar-refractivity contribution in [3.8, 4) is 0 Å². The predicted molar refractivity (Wildman–Crippen MR) is 86.2 cm³/mol. The Labute approximate surface area is 122 Å². The summed E-state index contributed by atoms with van der Waals surface area (Å²) in [6.45, 7) is 10.7. The van der Waals surface area contributed by atoms with Crippen molar-refractivity contribution in [1.29, 1.82) is 0 Å². The van der Waals surface area contributed by atoms with E-state index in [9.17, 15) is 4.79 Å². The lowest BCUT2D eigenvalue weighted by molar-refractivity contribution is -0.131. The highest BCUT2D eigenvalue weighted by Gasteiger charge is 2.35. The van der Waals surface area contributed by atoms with Crippen LogP contribution < -0.4 is 0 Å². The fourth-order valence-electron chi connectivity index (χ4n) is 2.71. The fourth-order valence-corrected chi connectivity index (χ4v) is 2.96. The van der Waals surface area contributed by atoms with Gasteiger partial charge in [0.2, 0.25) is 10.5 Å². The van der Waals surface area contributed by atoms with Crippen LogP contribution in [0.4, 0.5) is 0 Å². The van der Waals surface area contributed by atoms with Crippen LogP contribution in [0.2, 0.25) is 0 Å². The molecule has 0 unspecified atom stereocenters. The predicted octanol–water partition coefficient (Wildman–Crippen LogP) is 3.92. The number of carbonyl (C=O) groups excluding carboxylic acids is 1. The van der Waals surface area contributed by atoms with Gasteiger partial charge in [0.15, 0.2) is 0 Å². The summed E-state index contributed by atoms with van der Waals surface area (Å²) in [7, 11) is 0.459. The zero-order valence-electron chi connectivity index (χ0n) is 13.4. The maximum Gasteiger partial charge on any atom is 0.319 e. The lowest BCUT2D eigenvalue weighted by atomic mass is 9.69. The van der Waals surface area contributed by atoms with E-state index in [1.807, 2.05) is 0 Å². The topological polar surface area (TPSA) is 26.3 Å². The van der Waals surface area contributed by atoms with Crippen LogP contribution in [0.3, 0.4) is 0 Å². The van der Waals surface area contributed by atoms with Gasteiger partial charge in [0.05, 0.1) is 0 Å². The minimum absolute atomic E-state index is 0.0104. The molecule has 0 aromatic rings. The molecule has 0 radical (unpaired) electrons. The summed E-state index contributed by atoms with van der Waals surface area (Å²) in [5, 5.41) is 0. The summed E-state index contributed by atoms with van der Waals surface area (Å²) in [5.74, 6) is -0.157. The average Bonchev–Trinajstić information content (AvgIpc) is 2.45. The lowest BCUT2D eigenvalue weighted by Crippen LogP contribution is -2.28. The van der Waals surface area contributed by atoms with Gasteiger partial charge in [0.25, 0.3) is 0 Å². The van der Waals surface area contributed by atoms with Crippen molar-refractivity contribution < 1.29 is 9.22 Å². The van der Waals surface area contributed by atoms with Crippen molar-refractivity contribution in [2.45, 2.75) is 78.6 Å². The molecule has 0 saturated carbocycles. The van der Waals surface area contributed by atoms with Crippen LogP contribution >= 0.6 is 0 Å². The fraction of sp³-hybridized carbons (Fsp3) is 0.812. The zero-order valence-corrected chi connectivity index (χ0v) is 15.4. The van der Waals surface area contributed by atoms with Crippen molar-refractivity contribution >= 4 is 16.5 Å². The molecule has 0 fully saturated rings. The van der Waals surface area contributed by atoms with Gasteiger partial charge in [-0.25, -0.2) is 4.79 Å². The minimum atomic E-state index is -0.157. The molecule has 0 spiro atoms. The van der Waals surface area contributed by atoms with E-state index in [0.717, 1.165) is 24.8 Å². The molecule has 0 rings (SSSR count). The number of unbranched alkanes of at least 4 members (excludes halogenated alkanes) is 3. The van der Waals surface area contributed by atoms with E-state index in [1.54, 1.807) is 0 Å². The van der Waals surface area contributed by atoms with Crippen molar-refractivity contribution in [1.82, 2.24) is 0 Å². The van der Waals surface area contributed by atoms with Crippen LogP contribution in [0.25, 0.3) is 0 Å². The normalized spacial score (nSPS) is 11.5. The molecule has 112 valence electrons. The molecule has 0 aliphatic rings. The maximum absolute atomic E-state index is 12.0. The smallest absolute Gasteiger partial charge is 0.319 e. The molecule has 0 aromatic carbocycles. The van der Waals surface area contributed by atoms with Crippen LogP contribution in [0.15, 0.2) is 12.2 Å². The van der Waals surface area contributed by atoms with Crippen LogP contribution in [-0.2, 0) is 9.22 Å². The highest BCUT2D eigenvalue weighted by molar-refractivity contribution is 6.09. The highest BCUT2D eigenvalue weighted by atomic mass is 28.2. The van der Waals surface area contributed by atoms with Gasteiger partial charge >= 0.3 is 5.97 Å². The number of hydrogen-bond donors (Lipinski definition) is 0. The molecule has 0 heterocycles. The van der Waals surface area contributed by atoms with Crippen LogP contribution in [-0.4, -0.2) is 16.5 Å². The standard InChI is InChI=1S/C16H32O2Si/c1-5-8-11-16(12-9-6-2,13-10-7-3)14(4)15(17)18-19/h4-13H2,1-3,19H3. The van der Waals surface area contributed by atoms with Gasteiger partial charge in [-0.05, 0) is 19.3 Å². The van der Waals surface area contributed by atoms with Gasteiger partial charge in [0.1, 0.15) is 0 Å². The molecule has 0 aromatic heterocycles. The van der Waals surface area contributed by atoms with Crippen molar-refractivity contribution in [3.63, 3.8) is 0 Å². The monoisotopic (exact) mass is 284 g/mol. The third-order valence-electron chi connectivity index (χ3n) is 4.10. The van der Waals surface area contributed by atoms with Gasteiger partial charge in [-0.15, -0.1) is 0 Å². The first kappa shape index (κ1) is 18.4. The van der Waals surface area contributed by atoms with Crippen molar-refractivity contribution in [2.75, 3.05) is 0 Å². The van der Waals surface area contributed by atoms with Crippen LogP contribution in [0, 0.1) is 5.41 Å². The summed E-state index contributed by atoms with van der Waals surface area (Å²) in [6, 6.07) is 0. The quantitative estimate of drug-likeness (QED) is 0.424. The summed E-state index contributed by atoms with van der Waals surface area (Å²) in [4.78, 5) is 12.0. The SMILES string of the molecule is C=C(C(=O)O[SiH3])C(CCCC)(CCCC)CCCC. The third-order valence-corrected chi connectivity index (χ3v) is 4.47. The molecular weight excluding hydrogens is 252 g/mol. The molecule has 0 aliphatic carbocycles. The zero-order chi connectivity index (χ0) is 14.7. The Morgan fingerprint density at radius 1 is 1.00 bits per heavy atom. The molecule has 0 N–H and O–H groups in total. The molecule has 0 saturated heterocycles. The summed E-state index contributed by atoms with van der Waals surface area (Å²) in [6.07, 6.45) is 10.3. The minimum Gasteiger partial charge on any atom is -0.525 e. The summed E-state index contributed by atoms with van der Waals surface area (Å²) in [5.41, 5.74) is 0.724. The Morgan fingerprint density at radius 2 is 1.37 bits per heavy atom.